The standard InChI is InChI=1S/C26H31F3N4O/c1-31-9-2-3-23(31)14-32-10-8-21-13-33(17-25(21,16-32)18-34-15-19-4-5-19)22-7-6-20(12-30)24(11-22)26(27,28)29/h2-3,6-7,9,11,19,21H,4-5,8,10,13-18H2,1H3/t21-,25+/m0/s1. The Labute approximate surface area is 198 Å². The Kier molecular flexibility index (Phi) is 6.11. The average Bonchev–Trinajstić information content (AvgIpc) is 3.42. The number of anilines is 1. The van der Waals surface area contributed by atoms with Crippen molar-refractivity contribution in [3.8, 4) is 6.07 Å². The number of aromatic nitrogens is 1. The van der Waals surface area contributed by atoms with E-state index in [1.807, 2.05) is 0 Å². The van der Waals surface area contributed by atoms with Gasteiger partial charge in [0.05, 0.1) is 23.8 Å². The Balaban J connectivity index is 1.38. The monoisotopic (exact) mass is 472 g/mol. The normalized spacial score (nSPS) is 25.4. The lowest BCUT2D eigenvalue weighted by Gasteiger charge is -2.44. The third-order valence-electron chi connectivity index (χ3n) is 7.82. The van der Waals surface area contributed by atoms with Crippen LogP contribution in [0.25, 0.3) is 0 Å². The van der Waals surface area contributed by atoms with Crippen LogP contribution in [0.2, 0.25) is 0 Å². The van der Waals surface area contributed by atoms with Gasteiger partial charge in [-0.25, -0.2) is 0 Å². The van der Waals surface area contributed by atoms with Gasteiger partial charge in [0.2, 0.25) is 0 Å². The highest BCUT2D eigenvalue weighted by atomic mass is 19.4. The lowest BCUT2D eigenvalue weighted by Crippen LogP contribution is -2.51. The summed E-state index contributed by atoms with van der Waals surface area (Å²) in [5.74, 6) is 1.03. The van der Waals surface area contributed by atoms with Crippen LogP contribution in [0, 0.1) is 28.6 Å². The van der Waals surface area contributed by atoms with Crippen LogP contribution in [0.5, 0.6) is 0 Å². The van der Waals surface area contributed by atoms with Crippen molar-refractivity contribution in [1.82, 2.24) is 9.47 Å². The van der Waals surface area contributed by atoms with Gasteiger partial charge in [-0.3, -0.25) is 4.90 Å². The molecule has 0 radical (unpaired) electrons. The van der Waals surface area contributed by atoms with Crippen LogP contribution in [-0.2, 0) is 24.5 Å². The minimum atomic E-state index is -4.55. The molecule has 34 heavy (non-hydrogen) atoms. The summed E-state index contributed by atoms with van der Waals surface area (Å²) >= 11 is 0. The second kappa shape index (κ2) is 8.94. The Bertz CT molecular complexity index is 1070. The maximum atomic E-state index is 13.6. The summed E-state index contributed by atoms with van der Waals surface area (Å²) in [7, 11) is 2.05. The second-order valence-corrected chi connectivity index (χ2v) is 10.3. The minimum absolute atomic E-state index is 0.120. The number of hydrogen-bond acceptors (Lipinski definition) is 4. The number of halogens is 3. The molecule has 2 aromatic rings. The summed E-state index contributed by atoms with van der Waals surface area (Å²) < 4.78 is 49.1. The summed E-state index contributed by atoms with van der Waals surface area (Å²) in [5.41, 5.74) is 0.487. The first-order valence-electron chi connectivity index (χ1n) is 12.0. The number of nitriles is 1. The molecule has 0 spiro atoms. The molecule has 0 N–H and O–H groups in total. The van der Waals surface area contributed by atoms with Crippen molar-refractivity contribution in [2.75, 3.05) is 44.3 Å². The van der Waals surface area contributed by atoms with E-state index in [-0.39, 0.29) is 11.0 Å². The van der Waals surface area contributed by atoms with E-state index in [0.29, 0.717) is 37.2 Å². The van der Waals surface area contributed by atoms with Gasteiger partial charge < -0.3 is 14.2 Å². The molecule has 3 aliphatic rings. The molecule has 182 valence electrons. The van der Waals surface area contributed by atoms with Gasteiger partial charge in [0, 0.05) is 62.8 Å². The van der Waals surface area contributed by atoms with Crippen LogP contribution in [0.15, 0.2) is 36.5 Å². The Morgan fingerprint density at radius 1 is 1.18 bits per heavy atom. The maximum Gasteiger partial charge on any atom is 0.417 e. The SMILES string of the molecule is Cn1cccc1CN1CC[C@H]2CN(c3ccc(C#N)c(C(F)(F)F)c3)C[C@@]2(COCC2CC2)C1. The third kappa shape index (κ3) is 4.69. The fraction of sp³-hybridized carbons (Fsp3) is 0.577. The van der Waals surface area contributed by atoms with Crippen molar-refractivity contribution in [3.05, 3.63) is 53.3 Å². The van der Waals surface area contributed by atoms with Crippen molar-refractivity contribution in [2.24, 2.45) is 24.3 Å². The highest BCUT2D eigenvalue weighted by Gasteiger charge is 2.50. The van der Waals surface area contributed by atoms with E-state index >= 15 is 0 Å². The number of ether oxygens (including phenoxy) is 1. The molecule has 0 unspecified atom stereocenters. The lowest BCUT2D eigenvalue weighted by molar-refractivity contribution is -0.137. The van der Waals surface area contributed by atoms with Crippen molar-refractivity contribution in [3.63, 3.8) is 0 Å². The number of hydrogen-bond donors (Lipinski definition) is 0. The van der Waals surface area contributed by atoms with Crippen molar-refractivity contribution >= 4 is 5.69 Å². The number of piperidine rings is 1. The zero-order valence-electron chi connectivity index (χ0n) is 19.5. The molecule has 0 bridgehead atoms. The average molecular weight is 473 g/mol. The third-order valence-corrected chi connectivity index (χ3v) is 7.82. The van der Waals surface area contributed by atoms with Gasteiger partial charge in [-0.05, 0) is 68.0 Å². The fourth-order valence-corrected chi connectivity index (χ4v) is 5.68. The number of alkyl halides is 3. The van der Waals surface area contributed by atoms with Gasteiger partial charge in [-0.1, -0.05) is 0 Å². The van der Waals surface area contributed by atoms with Crippen LogP contribution < -0.4 is 4.90 Å². The van der Waals surface area contributed by atoms with E-state index in [0.717, 1.165) is 38.7 Å². The number of nitrogens with zero attached hydrogens (tertiary/aromatic N) is 4. The largest absolute Gasteiger partial charge is 0.417 e. The summed E-state index contributed by atoms with van der Waals surface area (Å²) in [6, 6.07) is 9.99. The second-order valence-electron chi connectivity index (χ2n) is 10.3. The fourth-order valence-electron chi connectivity index (χ4n) is 5.68. The van der Waals surface area contributed by atoms with E-state index in [1.165, 1.54) is 24.6 Å². The maximum absolute atomic E-state index is 13.6. The molecule has 2 atom stereocenters. The highest BCUT2D eigenvalue weighted by molar-refractivity contribution is 5.56. The summed E-state index contributed by atoms with van der Waals surface area (Å²) in [5, 5.41) is 9.16. The Hall–Kier alpha value is -2.50. The number of fused-ring (bicyclic) bond motifs is 1. The van der Waals surface area contributed by atoms with Crippen molar-refractivity contribution in [1.29, 1.82) is 5.26 Å². The van der Waals surface area contributed by atoms with Crippen molar-refractivity contribution < 1.29 is 17.9 Å². The van der Waals surface area contributed by atoms with Gasteiger partial charge in [-0.2, -0.15) is 18.4 Å². The molecule has 1 aromatic heterocycles. The topological polar surface area (TPSA) is 44.4 Å². The smallest absolute Gasteiger partial charge is 0.380 e. The first kappa shape index (κ1) is 23.3. The summed E-state index contributed by atoms with van der Waals surface area (Å²) in [6.07, 6.45) is 0.957. The summed E-state index contributed by atoms with van der Waals surface area (Å²) in [4.78, 5) is 4.54. The summed E-state index contributed by atoms with van der Waals surface area (Å²) in [6.45, 7) is 5.48. The van der Waals surface area contributed by atoms with E-state index in [4.69, 9.17) is 10.00 Å². The number of likely N-dealkylation sites (tertiary alicyclic amines) is 1. The van der Waals surface area contributed by atoms with E-state index in [1.54, 1.807) is 12.1 Å². The molecule has 5 nitrogen and oxygen atoms in total. The molecule has 3 fully saturated rings. The predicted octanol–water partition coefficient (Wildman–Crippen LogP) is 4.67. The molecule has 1 aromatic carbocycles. The van der Waals surface area contributed by atoms with E-state index in [2.05, 4.69) is 39.7 Å². The first-order valence-corrected chi connectivity index (χ1v) is 12.0. The van der Waals surface area contributed by atoms with E-state index in [9.17, 15) is 13.2 Å². The van der Waals surface area contributed by atoms with Crippen molar-refractivity contribution in [2.45, 2.75) is 32.0 Å². The van der Waals surface area contributed by atoms with Crippen LogP contribution in [0.3, 0.4) is 0 Å². The molecule has 8 heteroatoms. The molecular formula is C26H31F3N4O. The molecule has 1 saturated carbocycles. The lowest BCUT2D eigenvalue weighted by atomic mass is 9.74. The van der Waals surface area contributed by atoms with Crippen LogP contribution in [0.4, 0.5) is 18.9 Å². The molecule has 0 amide bonds. The van der Waals surface area contributed by atoms with Gasteiger partial charge >= 0.3 is 6.18 Å². The molecule has 1 aliphatic carbocycles. The predicted molar refractivity (Wildman–Crippen MR) is 123 cm³/mol. The quantitative estimate of drug-likeness (QED) is 0.588. The van der Waals surface area contributed by atoms with Crippen LogP contribution in [-0.4, -0.2) is 48.9 Å². The first-order chi connectivity index (χ1) is 16.3. The van der Waals surface area contributed by atoms with Gasteiger partial charge in [-0.15, -0.1) is 0 Å². The minimum Gasteiger partial charge on any atom is -0.380 e. The number of benzene rings is 1. The molecule has 3 heterocycles. The van der Waals surface area contributed by atoms with Gasteiger partial charge in [0.15, 0.2) is 0 Å². The molecular weight excluding hydrogens is 441 g/mol. The Morgan fingerprint density at radius 3 is 2.68 bits per heavy atom. The highest BCUT2D eigenvalue weighted by Crippen LogP contribution is 2.45. The molecule has 2 saturated heterocycles. The van der Waals surface area contributed by atoms with Crippen LogP contribution in [0.1, 0.15) is 36.1 Å². The van der Waals surface area contributed by atoms with Gasteiger partial charge in [0.25, 0.3) is 0 Å². The zero-order valence-corrected chi connectivity index (χ0v) is 19.5. The number of aryl methyl sites for hydroxylation is 1. The Morgan fingerprint density at radius 2 is 2.00 bits per heavy atom. The van der Waals surface area contributed by atoms with E-state index < -0.39 is 11.7 Å². The number of rotatable bonds is 7. The van der Waals surface area contributed by atoms with Gasteiger partial charge in [0.1, 0.15) is 0 Å². The zero-order chi connectivity index (χ0) is 23.9. The molecule has 2 aliphatic heterocycles. The van der Waals surface area contributed by atoms with Crippen LogP contribution >= 0.6 is 0 Å². The molecule has 5 rings (SSSR count).